The second kappa shape index (κ2) is 11.3. The molecule has 0 spiro atoms. The molecule has 184 valence electrons. The zero-order valence-electron chi connectivity index (χ0n) is 19.7. The summed E-state index contributed by atoms with van der Waals surface area (Å²) < 4.78 is 38.2. The Kier molecular flexibility index (Phi) is 8.51. The summed E-state index contributed by atoms with van der Waals surface area (Å²) in [5.74, 6) is -0.306. The fourth-order valence-corrected chi connectivity index (χ4v) is 5.19. The van der Waals surface area contributed by atoms with E-state index >= 15 is 0 Å². The van der Waals surface area contributed by atoms with Gasteiger partial charge < -0.3 is 9.47 Å². The molecule has 0 radical (unpaired) electrons. The smallest absolute Gasteiger partial charge is 0.276 e. The van der Waals surface area contributed by atoms with Crippen LogP contribution in [0.4, 0.5) is 0 Å². The lowest BCUT2D eigenvalue weighted by molar-refractivity contribution is -0.132. The van der Waals surface area contributed by atoms with E-state index in [4.69, 9.17) is 9.47 Å². The summed E-state index contributed by atoms with van der Waals surface area (Å²) in [5.41, 5.74) is 6.69. The number of carbonyl (C=O) groups is 2. The summed E-state index contributed by atoms with van der Waals surface area (Å²) in [4.78, 5) is 24.8. The van der Waals surface area contributed by atoms with Gasteiger partial charge in [0.05, 0.1) is 11.5 Å². The fourth-order valence-electron chi connectivity index (χ4n) is 3.64. The van der Waals surface area contributed by atoms with Gasteiger partial charge in [0.1, 0.15) is 0 Å². The van der Waals surface area contributed by atoms with Crippen LogP contribution in [-0.2, 0) is 19.6 Å². The summed E-state index contributed by atoms with van der Waals surface area (Å²) in [6, 6.07) is 12.1. The van der Waals surface area contributed by atoms with Crippen LogP contribution in [0.25, 0.3) is 0 Å². The molecule has 1 heterocycles. The topological polar surface area (TPSA) is 114 Å². The molecule has 2 aromatic carbocycles. The number of amides is 2. The van der Waals surface area contributed by atoms with Gasteiger partial charge in [-0.1, -0.05) is 18.2 Å². The number of carbonyl (C=O) groups excluding carboxylic acids is 2. The Balaban J connectivity index is 1.45. The number of hydrogen-bond donors (Lipinski definition) is 2. The Morgan fingerprint density at radius 3 is 2.24 bits per heavy atom. The molecular weight excluding hydrogens is 458 g/mol. The molecule has 0 bridgehead atoms. The van der Waals surface area contributed by atoms with Crippen LogP contribution < -0.4 is 20.3 Å². The number of ether oxygens (including phenoxy) is 2. The van der Waals surface area contributed by atoms with E-state index in [0.29, 0.717) is 30.9 Å². The SMILES string of the molecule is CCOc1ccccc1OCC(=O)NNC(=O)C1CCN(S(=O)(=O)c2ccc(C)c(C)c2)CC1. The van der Waals surface area contributed by atoms with Crippen LogP contribution in [0.2, 0.25) is 0 Å². The summed E-state index contributed by atoms with van der Waals surface area (Å²) in [6.07, 6.45) is 0.730. The van der Waals surface area contributed by atoms with Crippen LogP contribution in [0.3, 0.4) is 0 Å². The summed E-state index contributed by atoms with van der Waals surface area (Å²) >= 11 is 0. The third kappa shape index (κ3) is 6.27. The maximum atomic E-state index is 12.9. The lowest BCUT2D eigenvalue weighted by Crippen LogP contribution is -2.49. The molecule has 2 N–H and O–H groups in total. The molecule has 1 aliphatic heterocycles. The van der Waals surface area contributed by atoms with Crippen LogP contribution >= 0.6 is 0 Å². The zero-order valence-corrected chi connectivity index (χ0v) is 20.5. The van der Waals surface area contributed by atoms with E-state index in [2.05, 4.69) is 10.9 Å². The average molecular weight is 490 g/mol. The van der Waals surface area contributed by atoms with Gasteiger partial charge in [-0.2, -0.15) is 4.31 Å². The highest BCUT2D eigenvalue weighted by Crippen LogP contribution is 2.26. The predicted octanol–water partition coefficient (Wildman–Crippen LogP) is 2.33. The number of hydrazine groups is 1. The van der Waals surface area contributed by atoms with Gasteiger partial charge in [-0.25, -0.2) is 8.42 Å². The van der Waals surface area contributed by atoms with E-state index in [-0.39, 0.29) is 30.5 Å². The predicted molar refractivity (Wildman–Crippen MR) is 127 cm³/mol. The Morgan fingerprint density at radius 2 is 1.62 bits per heavy atom. The summed E-state index contributed by atoms with van der Waals surface area (Å²) in [6.45, 7) is 6.30. The first kappa shape index (κ1) is 25.5. The van der Waals surface area contributed by atoms with Crippen molar-refractivity contribution in [2.45, 2.75) is 38.5 Å². The van der Waals surface area contributed by atoms with Crippen molar-refractivity contribution in [2.75, 3.05) is 26.3 Å². The third-order valence-electron chi connectivity index (χ3n) is 5.77. The number of sulfonamides is 1. The molecule has 9 nitrogen and oxygen atoms in total. The lowest BCUT2D eigenvalue weighted by atomic mass is 9.98. The molecule has 0 unspecified atom stereocenters. The van der Waals surface area contributed by atoms with Crippen molar-refractivity contribution < 1.29 is 27.5 Å². The number of aryl methyl sites for hydroxylation is 2. The van der Waals surface area contributed by atoms with E-state index in [9.17, 15) is 18.0 Å². The number of benzene rings is 2. The molecule has 0 atom stereocenters. The molecular formula is C24H31N3O6S. The normalized spacial score (nSPS) is 14.9. The summed E-state index contributed by atoms with van der Waals surface area (Å²) in [7, 11) is -3.61. The first-order valence-corrected chi connectivity index (χ1v) is 12.7. The number of rotatable bonds is 8. The quantitative estimate of drug-likeness (QED) is 0.550. The first-order valence-electron chi connectivity index (χ1n) is 11.2. The van der Waals surface area contributed by atoms with Gasteiger partial charge in [0, 0.05) is 19.0 Å². The molecule has 2 aromatic rings. The number of nitrogens with zero attached hydrogens (tertiary/aromatic N) is 1. The highest BCUT2D eigenvalue weighted by molar-refractivity contribution is 7.89. The molecule has 1 aliphatic rings. The number of para-hydroxylation sites is 2. The van der Waals surface area contributed by atoms with Crippen molar-refractivity contribution in [1.29, 1.82) is 0 Å². The monoisotopic (exact) mass is 489 g/mol. The van der Waals surface area contributed by atoms with Crippen LogP contribution in [-0.4, -0.2) is 50.8 Å². The average Bonchev–Trinajstić information content (AvgIpc) is 2.84. The van der Waals surface area contributed by atoms with Crippen LogP contribution in [0.5, 0.6) is 11.5 Å². The van der Waals surface area contributed by atoms with E-state index in [1.807, 2.05) is 20.8 Å². The summed E-state index contributed by atoms with van der Waals surface area (Å²) in [5, 5.41) is 0. The lowest BCUT2D eigenvalue weighted by Gasteiger charge is -2.30. The van der Waals surface area contributed by atoms with Gasteiger partial charge in [0.15, 0.2) is 18.1 Å². The highest BCUT2D eigenvalue weighted by atomic mass is 32.2. The number of hydrogen-bond acceptors (Lipinski definition) is 6. The Morgan fingerprint density at radius 1 is 0.971 bits per heavy atom. The molecule has 34 heavy (non-hydrogen) atoms. The molecule has 1 fully saturated rings. The van der Waals surface area contributed by atoms with Gasteiger partial charge >= 0.3 is 0 Å². The van der Waals surface area contributed by atoms with Crippen molar-refractivity contribution in [3.63, 3.8) is 0 Å². The van der Waals surface area contributed by atoms with Crippen LogP contribution in [0.15, 0.2) is 47.4 Å². The Bertz CT molecular complexity index is 1130. The minimum absolute atomic E-state index is 0.235. The van der Waals surface area contributed by atoms with E-state index in [1.54, 1.807) is 42.5 Å². The zero-order chi connectivity index (χ0) is 24.7. The number of piperidine rings is 1. The van der Waals surface area contributed by atoms with Gasteiger partial charge in [-0.05, 0) is 69.0 Å². The minimum atomic E-state index is -3.61. The Labute approximate surface area is 200 Å². The van der Waals surface area contributed by atoms with E-state index < -0.39 is 21.8 Å². The van der Waals surface area contributed by atoms with Gasteiger partial charge in [-0.15, -0.1) is 0 Å². The standard InChI is InChI=1S/C24H31N3O6S/c1-4-32-21-7-5-6-8-22(21)33-16-23(28)25-26-24(29)19-11-13-27(14-12-19)34(30,31)20-10-9-17(2)18(3)15-20/h5-10,15,19H,4,11-14,16H2,1-3H3,(H,25,28)(H,26,29). The second-order valence-electron chi connectivity index (χ2n) is 8.13. The molecule has 3 rings (SSSR count). The molecule has 0 aromatic heterocycles. The molecule has 0 saturated carbocycles. The Hall–Kier alpha value is -3.11. The molecule has 1 saturated heterocycles. The fraction of sp³-hybridized carbons (Fsp3) is 0.417. The number of nitrogens with one attached hydrogen (secondary N) is 2. The highest BCUT2D eigenvalue weighted by Gasteiger charge is 2.32. The van der Waals surface area contributed by atoms with Crippen molar-refractivity contribution >= 4 is 21.8 Å². The maximum absolute atomic E-state index is 12.9. The van der Waals surface area contributed by atoms with E-state index in [1.165, 1.54) is 4.31 Å². The van der Waals surface area contributed by atoms with Gasteiger partial charge in [0.25, 0.3) is 5.91 Å². The molecule has 2 amide bonds. The molecule has 10 heteroatoms. The van der Waals surface area contributed by atoms with Crippen LogP contribution in [0, 0.1) is 19.8 Å². The van der Waals surface area contributed by atoms with Crippen molar-refractivity contribution in [3.8, 4) is 11.5 Å². The van der Waals surface area contributed by atoms with Crippen LogP contribution in [0.1, 0.15) is 30.9 Å². The second-order valence-corrected chi connectivity index (χ2v) is 10.1. The van der Waals surface area contributed by atoms with Gasteiger partial charge in [-0.3, -0.25) is 20.4 Å². The largest absolute Gasteiger partial charge is 0.490 e. The third-order valence-corrected chi connectivity index (χ3v) is 7.67. The van der Waals surface area contributed by atoms with Crippen molar-refractivity contribution in [1.82, 2.24) is 15.2 Å². The first-order chi connectivity index (χ1) is 16.2. The maximum Gasteiger partial charge on any atom is 0.276 e. The van der Waals surface area contributed by atoms with Crippen molar-refractivity contribution in [3.05, 3.63) is 53.6 Å². The van der Waals surface area contributed by atoms with Crippen molar-refractivity contribution in [2.24, 2.45) is 5.92 Å². The minimum Gasteiger partial charge on any atom is -0.490 e. The van der Waals surface area contributed by atoms with Gasteiger partial charge in [0.2, 0.25) is 15.9 Å². The molecule has 0 aliphatic carbocycles. The van der Waals surface area contributed by atoms with E-state index in [0.717, 1.165) is 11.1 Å².